The zero-order valence-corrected chi connectivity index (χ0v) is 15.1. The number of aliphatic hydroxyl groups is 1. The van der Waals surface area contributed by atoms with Gasteiger partial charge in [-0.25, -0.2) is 4.98 Å². The highest BCUT2D eigenvalue weighted by molar-refractivity contribution is 5.77. The van der Waals surface area contributed by atoms with Gasteiger partial charge < -0.3 is 20.3 Å². The number of aliphatic hydroxyl groups excluding tert-OH is 1. The summed E-state index contributed by atoms with van der Waals surface area (Å²) < 4.78 is 2.03. The maximum atomic E-state index is 11.1. The Morgan fingerprint density at radius 2 is 2.12 bits per heavy atom. The van der Waals surface area contributed by atoms with Crippen LogP contribution in [0.25, 0.3) is 11.0 Å². The number of aryl methyl sites for hydroxylation is 2. The van der Waals surface area contributed by atoms with Gasteiger partial charge >= 0.3 is 0 Å². The predicted octanol–water partition coefficient (Wildman–Crippen LogP) is 1.60. The number of carbonyl (C=O) groups excluding carboxylic acids is 1. The summed E-state index contributed by atoms with van der Waals surface area (Å²) in [7, 11) is 0. The summed E-state index contributed by atoms with van der Waals surface area (Å²) >= 11 is 0. The lowest BCUT2D eigenvalue weighted by Crippen LogP contribution is -2.42. The minimum Gasteiger partial charge on any atom is -0.390 e. The van der Waals surface area contributed by atoms with Crippen LogP contribution >= 0.6 is 0 Å². The molecule has 0 radical (unpaired) electrons. The molecule has 2 aromatic rings. The maximum Gasteiger partial charge on any atom is 0.217 e. The lowest BCUT2D eigenvalue weighted by Gasteiger charge is -2.33. The first kappa shape index (κ1) is 17.9. The Hall–Kier alpha value is -1.92. The molecule has 136 valence electrons. The van der Waals surface area contributed by atoms with Gasteiger partial charge in [0.25, 0.3) is 0 Å². The molecule has 1 saturated heterocycles. The van der Waals surface area contributed by atoms with Crippen LogP contribution in [0.2, 0.25) is 0 Å². The van der Waals surface area contributed by atoms with E-state index in [0.717, 1.165) is 37.0 Å². The molecule has 1 aromatic heterocycles. The zero-order valence-electron chi connectivity index (χ0n) is 15.1. The van der Waals surface area contributed by atoms with Crippen LogP contribution in [-0.4, -0.2) is 51.2 Å². The van der Waals surface area contributed by atoms with Gasteiger partial charge in [-0.15, -0.1) is 0 Å². The first-order chi connectivity index (χ1) is 11.9. The zero-order chi connectivity index (χ0) is 18.0. The van der Waals surface area contributed by atoms with Gasteiger partial charge in [-0.2, -0.15) is 0 Å². The molecule has 1 fully saturated rings. The minimum atomic E-state index is -0.466. The number of β-amino-alcohol motifs (C(OH)–C–C–N with tert-alkyl or cyclic N) is 1. The maximum absolute atomic E-state index is 11.1. The number of hydrogen-bond donors (Lipinski definition) is 2. The first-order valence-corrected chi connectivity index (χ1v) is 9.03. The predicted molar refractivity (Wildman–Crippen MR) is 98.2 cm³/mol. The van der Waals surface area contributed by atoms with Crippen LogP contribution in [0.5, 0.6) is 0 Å². The molecule has 3 N–H and O–H groups in total. The largest absolute Gasteiger partial charge is 0.390 e. The molecule has 6 nitrogen and oxygen atoms in total. The summed E-state index contributed by atoms with van der Waals surface area (Å²) in [6.07, 6.45) is 3.87. The molecule has 2 unspecified atom stereocenters. The summed E-state index contributed by atoms with van der Waals surface area (Å²) in [4.78, 5) is 17.8. The van der Waals surface area contributed by atoms with Crippen molar-refractivity contribution in [2.45, 2.75) is 45.8 Å². The Kier molecular flexibility index (Phi) is 5.39. The molecule has 6 heteroatoms. The average molecular weight is 344 g/mol. The highest BCUT2D eigenvalue weighted by Gasteiger charge is 2.23. The quantitative estimate of drug-likeness (QED) is 0.834. The molecule has 1 aromatic carbocycles. The van der Waals surface area contributed by atoms with Crippen molar-refractivity contribution in [1.82, 2.24) is 14.5 Å². The van der Waals surface area contributed by atoms with Crippen LogP contribution in [-0.2, 0) is 11.3 Å². The fourth-order valence-corrected chi connectivity index (χ4v) is 3.81. The number of imidazole rings is 1. The highest BCUT2D eigenvalue weighted by Crippen LogP contribution is 2.21. The van der Waals surface area contributed by atoms with Crippen LogP contribution in [0.3, 0.4) is 0 Å². The Labute approximate surface area is 148 Å². The van der Waals surface area contributed by atoms with E-state index in [1.54, 1.807) is 6.33 Å². The number of benzene rings is 1. The fourth-order valence-electron chi connectivity index (χ4n) is 3.81. The number of nitrogens with zero attached hydrogens (tertiary/aromatic N) is 3. The van der Waals surface area contributed by atoms with Gasteiger partial charge in [-0.3, -0.25) is 4.79 Å². The third-order valence-corrected chi connectivity index (χ3v) is 5.21. The van der Waals surface area contributed by atoms with Crippen molar-refractivity contribution in [1.29, 1.82) is 0 Å². The van der Waals surface area contributed by atoms with E-state index < -0.39 is 6.10 Å². The smallest absolute Gasteiger partial charge is 0.217 e. The second kappa shape index (κ2) is 7.54. The van der Waals surface area contributed by atoms with Crippen molar-refractivity contribution < 1.29 is 9.90 Å². The lowest BCUT2D eigenvalue weighted by molar-refractivity contribution is -0.119. The SMILES string of the molecule is Cc1cc2ncn(CC(O)CN3CCCC(CC(N)=O)C3)c2cc1C. The van der Waals surface area contributed by atoms with Gasteiger partial charge in [-0.05, 0) is 62.4 Å². The summed E-state index contributed by atoms with van der Waals surface area (Å²) in [5.41, 5.74) is 9.81. The van der Waals surface area contributed by atoms with E-state index in [-0.39, 0.29) is 5.91 Å². The first-order valence-electron chi connectivity index (χ1n) is 9.03. The number of rotatable bonds is 6. The molecule has 0 aliphatic carbocycles. The number of nitrogens with two attached hydrogens (primary N) is 1. The van der Waals surface area contributed by atoms with Crippen LogP contribution < -0.4 is 5.73 Å². The van der Waals surface area contributed by atoms with E-state index in [0.29, 0.717) is 25.4 Å². The van der Waals surface area contributed by atoms with Gasteiger partial charge in [0.05, 0.1) is 30.0 Å². The fraction of sp³-hybridized carbons (Fsp3) is 0.579. The highest BCUT2D eigenvalue weighted by atomic mass is 16.3. The van der Waals surface area contributed by atoms with Crippen molar-refractivity contribution in [3.63, 3.8) is 0 Å². The summed E-state index contributed by atoms with van der Waals surface area (Å²) in [6, 6.07) is 4.22. The van der Waals surface area contributed by atoms with Crippen molar-refractivity contribution in [3.8, 4) is 0 Å². The van der Waals surface area contributed by atoms with Gasteiger partial charge in [0.1, 0.15) is 0 Å². The van der Waals surface area contributed by atoms with Crippen LogP contribution in [0.15, 0.2) is 18.5 Å². The lowest BCUT2D eigenvalue weighted by atomic mass is 9.94. The normalized spacial score (nSPS) is 20.0. The molecule has 0 bridgehead atoms. The molecule has 1 aliphatic rings. The molecule has 1 aliphatic heterocycles. The number of carbonyl (C=O) groups is 1. The monoisotopic (exact) mass is 344 g/mol. The van der Waals surface area contributed by atoms with E-state index >= 15 is 0 Å². The summed E-state index contributed by atoms with van der Waals surface area (Å²) in [6.45, 7) is 7.12. The van der Waals surface area contributed by atoms with Crippen molar-refractivity contribution in [3.05, 3.63) is 29.6 Å². The van der Waals surface area contributed by atoms with Crippen molar-refractivity contribution in [2.75, 3.05) is 19.6 Å². The van der Waals surface area contributed by atoms with E-state index in [9.17, 15) is 9.90 Å². The number of likely N-dealkylation sites (tertiary alicyclic amines) is 1. The number of amides is 1. The Morgan fingerprint density at radius 1 is 1.36 bits per heavy atom. The molecule has 1 amide bonds. The van der Waals surface area contributed by atoms with Gasteiger partial charge in [-0.1, -0.05) is 0 Å². The van der Waals surface area contributed by atoms with E-state index in [1.165, 1.54) is 11.1 Å². The number of fused-ring (bicyclic) bond motifs is 1. The van der Waals surface area contributed by atoms with E-state index in [4.69, 9.17) is 5.73 Å². The molecule has 0 spiro atoms. The van der Waals surface area contributed by atoms with E-state index in [2.05, 4.69) is 35.9 Å². The molecule has 3 rings (SSSR count). The molecule has 2 atom stereocenters. The van der Waals surface area contributed by atoms with E-state index in [1.807, 2.05) is 4.57 Å². The summed E-state index contributed by atoms with van der Waals surface area (Å²) in [5.74, 6) is 0.0843. The summed E-state index contributed by atoms with van der Waals surface area (Å²) in [5, 5.41) is 10.5. The third-order valence-electron chi connectivity index (χ3n) is 5.21. The van der Waals surface area contributed by atoms with Crippen LogP contribution in [0, 0.1) is 19.8 Å². The van der Waals surface area contributed by atoms with Gasteiger partial charge in [0.2, 0.25) is 5.91 Å². The van der Waals surface area contributed by atoms with Crippen molar-refractivity contribution in [2.24, 2.45) is 11.7 Å². The Bertz CT molecular complexity index is 755. The standard InChI is InChI=1S/C19H28N4O2/c1-13-6-17-18(7-14(13)2)23(12-21-17)11-16(24)10-22-5-3-4-15(9-22)8-19(20)25/h6-7,12,15-16,24H,3-5,8-11H2,1-2H3,(H2,20,25). The molecule has 0 saturated carbocycles. The van der Waals surface area contributed by atoms with Crippen LogP contribution in [0.1, 0.15) is 30.4 Å². The second-order valence-corrected chi connectivity index (χ2v) is 7.41. The van der Waals surface area contributed by atoms with Crippen LogP contribution in [0.4, 0.5) is 0 Å². The van der Waals surface area contributed by atoms with Gasteiger partial charge in [0.15, 0.2) is 0 Å². The molecule has 2 heterocycles. The third kappa shape index (κ3) is 4.38. The Balaban J connectivity index is 1.62. The number of primary amides is 1. The molecular formula is C19H28N4O2. The number of aromatic nitrogens is 2. The number of piperidine rings is 1. The minimum absolute atomic E-state index is 0.233. The van der Waals surface area contributed by atoms with Gasteiger partial charge in [0, 0.05) is 19.5 Å². The molecular weight excluding hydrogens is 316 g/mol. The number of hydrogen-bond acceptors (Lipinski definition) is 4. The second-order valence-electron chi connectivity index (χ2n) is 7.41. The van der Waals surface area contributed by atoms with Crippen molar-refractivity contribution >= 4 is 16.9 Å². The molecule has 25 heavy (non-hydrogen) atoms. The Morgan fingerprint density at radius 3 is 2.88 bits per heavy atom. The topological polar surface area (TPSA) is 84.4 Å². The average Bonchev–Trinajstić information content (AvgIpc) is 2.89.